The smallest absolute Gasteiger partial charge is 0.223 e. The summed E-state index contributed by atoms with van der Waals surface area (Å²) >= 11 is 0. The molecule has 1 amide bonds. The van der Waals surface area contributed by atoms with E-state index in [1.54, 1.807) is 14.2 Å². The second-order valence-electron chi connectivity index (χ2n) is 11.4. The van der Waals surface area contributed by atoms with Gasteiger partial charge in [-0.3, -0.25) is 4.79 Å². The number of aliphatic hydroxyl groups is 1. The van der Waals surface area contributed by atoms with Crippen molar-refractivity contribution in [2.24, 2.45) is 35.3 Å². The number of nitrogens with one attached hydrogen (secondary N) is 1. The van der Waals surface area contributed by atoms with Gasteiger partial charge in [0.05, 0.1) is 26.4 Å². The van der Waals surface area contributed by atoms with Crippen LogP contribution in [-0.4, -0.2) is 70.4 Å². The summed E-state index contributed by atoms with van der Waals surface area (Å²) in [6, 6.07) is 5.63. The fraction of sp³-hybridized carbons (Fsp3) is 0.767. The molecule has 218 valence electrons. The van der Waals surface area contributed by atoms with Crippen molar-refractivity contribution in [3.63, 3.8) is 0 Å². The maximum absolute atomic E-state index is 12.9. The second kappa shape index (κ2) is 17.0. The maximum atomic E-state index is 12.9. The van der Waals surface area contributed by atoms with E-state index in [2.05, 4.69) is 25.2 Å². The molecule has 1 fully saturated rings. The molecule has 1 aromatic carbocycles. The van der Waals surface area contributed by atoms with Gasteiger partial charge < -0.3 is 35.1 Å². The molecule has 1 heterocycles. The highest BCUT2D eigenvalue weighted by molar-refractivity contribution is 5.78. The summed E-state index contributed by atoms with van der Waals surface area (Å²) in [7, 11) is 3.32. The summed E-state index contributed by atoms with van der Waals surface area (Å²) < 4.78 is 22.0. The summed E-state index contributed by atoms with van der Waals surface area (Å²) in [4.78, 5) is 12.9. The first-order valence-corrected chi connectivity index (χ1v) is 14.2. The van der Waals surface area contributed by atoms with Crippen LogP contribution in [0, 0.1) is 29.6 Å². The van der Waals surface area contributed by atoms with Crippen molar-refractivity contribution < 1.29 is 28.8 Å². The third-order valence-corrected chi connectivity index (χ3v) is 7.71. The lowest BCUT2D eigenvalue weighted by Crippen LogP contribution is -2.43. The SMILES string of the molecule is COCCCOc1cc(C[C@@H](C[C@H](N)[C@@H](O)C[C@H](C(=O)NC[C@@H]2CCOC2)C(C)C)C(C)C)ccc1OC. The molecule has 4 N–H and O–H groups in total. The zero-order valence-corrected chi connectivity index (χ0v) is 24.4. The van der Waals surface area contributed by atoms with Gasteiger partial charge in [0.1, 0.15) is 0 Å². The number of benzene rings is 1. The van der Waals surface area contributed by atoms with Gasteiger partial charge in [0.15, 0.2) is 11.5 Å². The molecule has 1 saturated heterocycles. The largest absolute Gasteiger partial charge is 0.493 e. The summed E-state index contributed by atoms with van der Waals surface area (Å²) in [6.07, 6.45) is 2.87. The van der Waals surface area contributed by atoms with E-state index < -0.39 is 12.1 Å². The third-order valence-electron chi connectivity index (χ3n) is 7.71. The molecule has 8 heteroatoms. The maximum Gasteiger partial charge on any atom is 0.223 e. The molecule has 0 aliphatic carbocycles. The van der Waals surface area contributed by atoms with Crippen molar-refractivity contribution in [1.82, 2.24) is 5.32 Å². The Morgan fingerprint density at radius 1 is 1.13 bits per heavy atom. The van der Waals surface area contributed by atoms with Gasteiger partial charge in [-0.1, -0.05) is 33.8 Å². The minimum Gasteiger partial charge on any atom is -0.493 e. The molecule has 0 radical (unpaired) electrons. The normalized spacial score (nSPS) is 18.8. The van der Waals surface area contributed by atoms with Crippen LogP contribution in [0.2, 0.25) is 0 Å². The van der Waals surface area contributed by atoms with E-state index >= 15 is 0 Å². The lowest BCUT2D eigenvalue weighted by molar-refractivity contribution is -0.127. The van der Waals surface area contributed by atoms with Crippen LogP contribution in [0.25, 0.3) is 0 Å². The number of ether oxygens (including phenoxy) is 4. The highest BCUT2D eigenvalue weighted by atomic mass is 16.5. The van der Waals surface area contributed by atoms with Crippen molar-refractivity contribution in [3.05, 3.63) is 23.8 Å². The van der Waals surface area contributed by atoms with Crippen LogP contribution in [0.4, 0.5) is 0 Å². The Kier molecular flexibility index (Phi) is 14.4. The zero-order valence-electron chi connectivity index (χ0n) is 24.4. The molecule has 0 bridgehead atoms. The molecule has 0 saturated carbocycles. The van der Waals surface area contributed by atoms with Crippen LogP contribution in [0.1, 0.15) is 58.9 Å². The minimum absolute atomic E-state index is 0.00480. The van der Waals surface area contributed by atoms with E-state index in [9.17, 15) is 9.90 Å². The number of nitrogens with two attached hydrogens (primary N) is 1. The molecular formula is C30H52N2O6. The molecule has 1 aliphatic heterocycles. The monoisotopic (exact) mass is 536 g/mol. The number of aliphatic hydroxyl groups excluding tert-OH is 1. The lowest BCUT2D eigenvalue weighted by Gasteiger charge is -2.30. The number of methoxy groups -OCH3 is 2. The molecule has 0 spiro atoms. The van der Waals surface area contributed by atoms with Crippen molar-refractivity contribution in [2.75, 3.05) is 47.2 Å². The number of hydrogen-bond acceptors (Lipinski definition) is 7. The van der Waals surface area contributed by atoms with Gasteiger partial charge in [-0.15, -0.1) is 0 Å². The fourth-order valence-electron chi connectivity index (χ4n) is 4.98. The molecule has 0 aromatic heterocycles. The summed E-state index contributed by atoms with van der Waals surface area (Å²) in [5, 5.41) is 14.1. The van der Waals surface area contributed by atoms with E-state index in [1.165, 1.54) is 0 Å². The third kappa shape index (κ3) is 10.7. The Morgan fingerprint density at radius 2 is 1.89 bits per heavy atom. The van der Waals surface area contributed by atoms with E-state index in [0.29, 0.717) is 56.8 Å². The van der Waals surface area contributed by atoms with Crippen LogP contribution in [0.15, 0.2) is 18.2 Å². The van der Waals surface area contributed by atoms with Crippen molar-refractivity contribution in [3.8, 4) is 11.5 Å². The van der Waals surface area contributed by atoms with Gasteiger partial charge in [-0.25, -0.2) is 0 Å². The van der Waals surface area contributed by atoms with Crippen molar-refractivity contribution >= 4 is 5.91 Å². The van der Waals surface area contributed by atoms with Crippen LogP contribution in [-0.2, 0) is 20.7 Å². The first kappa shape index (κ1) is 32.3. The number of amides is 1. The van der Waals surface area contributed by atoms with Crippen LogP contribution < -0.4 is 20.5 Å². The van der Waals surface area contributed by atoms with Gasteiger partial charge in [0.25, 0.3) is 0 Å². The average molecular weight is 537 g/mol. The summed E-state index contributed by atoms with van der Waals surface area (Å²) in [5.74, 6) is 2.27. The van der Waals surface area contributed by atoms with E-state index in [4.69, 9.17) is 24.7 Å². The topological polar surface area (TPSA) is 112 Å². The van der Waals surface area contributed by atoms with E-state index in [0.717, 1.165) is 37.2 Å². The standard InChI is InChI=1S/C30H52N2O6/c1-20(2)24(14-22-8-9-28(36-6)29(15-22)38-12-7-11-35-5)16-26(31)27(33)17-25(21(3)4)30(34)32-18-23-10-13-37-19-23/h8-9,15,20-21,23-27,33H,7,10-14,16-19,31H2,1-6H3,(H,32,34)/t23-,24-,25-,26-,27-/m0/s1. The average Bonchev–Trinajstić information content (AvgIpc) is 3.41. The van der Waals surface area contributed by atoms with Crippen LogP contribution in [0.5, 0.6) is 11.5 Å². The quantitative estimate of drug-likeness (QED) is 0.245. The molecule has 38 heavy (non-hydrogen) atoms. The predicted octanol–water partition coefficient (Wildman–Crippen LogP) is 3.82. The van der Waals surface area contributed by atoms with E-state index in [-0.39, 0.29) is 23.7 Å². The first-order chi connectivity index (χ1) is 18.2. The second-order valence-corrected chi connectivity index (χ2v) is 11.4. The molecule has 2 rings (SSSR count). The number of carbonyl (C=O) groups is 1. The van der Waals surface area contributed by atoms with Gasteiger partial charge in [-0.2, -0.15) is 0 Å². The number of hydrogen-bond donors (Lipinski definition) is 3. The van der Waals surface area contributed by atoms with Crippen molar-refractivity contribution in [1.29, 1.82) is 0 Å². The first-order valence-electron chi connectivity index (χ1n) is 14.2. The molecule has 8 nitrogen and oxygen atoms in total. The Bertz CT molecular complexity index is 812. The molecule has 1 aromatic rings. The van der Waals surface area contributed by atoms with Gasteiger partial charge in [0, 0.05) is 51.2 Å². The van der Waals surface area contributed by atoms with Gasteiger partial charge in [-0.05, 0) is 61.1 Å². The molecule has 0 unspecified atom stereocenters. The van der Waals surface area contributed by atoms with Gasteiger partial charge in [0.2, 0.25) is 5.91 Å². The zero-order chi connectivity index (χ0) is 28.1. The van der Waals surface area contributed by atoms with Gasteiger partial charge >= 0.3 is 0 Å². The Balaban J connectivity index is 1.97. The Labute approximate surface area is 229 Å². The Morgan fingerprint density at radius 3 is 2.50 bits per heavy atom. The van der Waals surface area contributed by atoms with Crippen LogP contribution >= 0.6 is 0 Å². The highest BCUT2D eigenvalue weighted by Gasteiger charge is 2.30. The minimum atomic E-state index is -0.750. The summed E-state index contributed by atoms with van der Waals surface area (Å²) in [6.45, 7) is 11.7. The molecule has 5 atom stereocenters. The summed E-state index contributed by atoms with van der Waals surface area (Å²) in [5.41, 5.74) is 7.69. The van der Waals surface area contributed by atoms with Crippen molar-refractivity contribution in [2.45, 2.75) is 71.9 Å². The molecule has 1 aliphatic rings. The Hall–Kier alpha value is -1.87. The number of rotatable bonds is 18. The van der Waals surface area contributed by atoms with E-state index in [1.807, 2.05) is 26.0 Å². The fourth-order valence-corrected chi connectivity index (χ4v) is 4.98. The molecular weight excluding hydrogens is 484 g/mol. The predicted molar refractivity (Wildman–Crippen MR) is 150 cm³/mol. The van der Waals surface area contributed by atoms with Crippen LogP contribution in [0.3, 0.4) is 0 Å². The highest BCUT2D eigenvalue weighted by Crippen LogP contribution is 2.32. The number of carbonyl (C=O) groups excluding carboxylic acids is 1. The lowest BCUT2D eigenvalue weighted by atomic mass is 9.80.